The Kier molecular flexibility index (Phi) is 31.8. The van der Waals surface area contributed by atoms with Gasteiger partial charge in [-0.2, -0.15) is 9.90 Å². The van der Waals surface area contributed by atoms with Gasteiger partial charge in [-0.15, -0.1) is 9.42 Å². The van der Waals surface area contributed by atoms with Gasteiger partial charge in [0, 0.05) is 4.57 Å². The van der Waals surface area contributed by atoms with Crippen LogP contribution in [-0.4, -0.2) is 36.4 Å². The van der Waals surface area contributed by atoms with Crippen LogP contribution in [0.3, 0.4) is 0 Å². The van der Waals surface area contributed by atoms with Gasteiger partial charge >= 0.3 is 8.25 Å². The topological polar surface area (TPSA) is 189 Å². The highest BCUT2D eigenvalue weighted by Gasteiger charge is 2.25. The van der Waals surface area contributed by atoms with E-state index in [0.717, 1.165) is 0 Å². The summed E-state index contributed by atoms with van der Waals surface area (Å²) in [5, 5.41) is 0. The van der Waals surface area contributed by atoms with Gasteiger partial charge in [-0.25, -0.2) is 0 Å². The first kappa shape index (κ1) is 46.4. The van der Waals surface area contributed by atoms with Crippen molar-refractivity contribution < 1.29 is 52.1 Å². The minimum atomic E-state index is -4.54. The van der Waals surface area contributed by atoms with E-state index in [0.29, 0.717) is 0 Å². The molecule has 0 aliphatic carbocycles. The van der Waals surface area contributed by atoms with E-state index < -0.39 is 39.6 Å². The number of hydrogen-bond acceptors (Lipinski definition) is 10. The molecule has 5 atom stereocenters. The molecule has 0 bridgehead atoms. The van der Waals surface area contributed by atoms with Crippen molar-refractivity contribution in [3.8, 4) is 0 Å². The van der Waals surface area contributed by atoms with Crippen LogP contribution in [0.15, 0.2) is 0 Å². The van der Waals surface area contributed by atoms with E-state index >= 15 is 0 Å². The van der Waals surface area contributed by atoms with Gasteiger partial charge in [-0.3, -0.25) is 4.57 Å². The third-order valence-corrected chi connectivity index (χ3v) is 3.61. The molecule has 5 unspecified atom stereocenters. The van der Waals surface area contributed by atoms with E-state index in [-0.39, 0.29) is 9.90 Å². The van der Waals surface area contributed by atoms with E-state index in [1.165, 1.54) is 30.2 Å². The Morgan fingerprint density at radius 3 is 1.13 bits per heavy atom. The summed E-state index contributed by atoms with van der Waals surface area (Å²) in [6, 6.07) is 0. The Morgan fingerprint density at radius 2 is 1.13 bits per heavy atom. The normalized spacial score (nSPS) is 15.0. The van der Waals surface area contributed by atoms with Crippen molar-refractivity contribution in [3.05, 3.63) is 0 Å². The molecule has 0 aromatic rings. The molecule has 0 saturated carbocycles. The molecule has 0 saturated heterocycles. The fourth-order valence-corrected chi connectivity index (χ4v) is 3.45. The van der Waals surface area contributed by atoms with Gasteiger partial charge in [0.05, 0.1) is 11.2 Å². The van der Waals surface area contributed by atoms with Gasteiger partial charge in [-0.1, -0.05) is 23.6 Å². The highest BCUT2D eigenvalue weighted by Crippen LogP contribution is 2.37. The van der Waals surface area contributed by atoms with Gasteiger partial charge in [0.1, 0.15) is 12.3 Å². The van der Waals surface area contributed by atoms with Gasteiger partial charge in [0.2, 0.25) is 0 Å². The molecule has 0 aliphatic heterocycles. The second kappa shape index (κ2) is 21.3. The van der Waals surface area contributed by atoms with Crippen LogP contribution in [0.25, 0.3) is 0 Å². The summed E-state index contributed by atoms with van der Waals surface area (Å²) in [5.74, 6) is 0. The summed E-state index contributed by atoms with van der Waals surface area (Å²) in [7, 11) is -3.00. The molecule has 0 aromatic carbocycles. The van der Waals surface area contributed by atoms with Crippen molar-refractivity contribution in [3.63, 3.8) is 0 Å². The molecular weight excluding hydrogens is 570 g/mol. The summed E-state index contributed by atoms with van der Waals surface area (Å²) >= 11 is 8.01. The Balaban J connectivity index is -0.0000000688. The lowest BCUT2D eigenvalue weighted by Crippen LogP contribution is -2.20. The van der Waals surface area contributed by atoms with Crippen LogP contribution in [0.1, 0.15) is 62.3 Å². The van der Waals surface area contributed by atoms with Crippen molar-refractivity contribution in [2.45, 2.75) is 79.1 Å². The average Bonchev–Trinajstić information content (AvgIpc) is 2.32. The molecule has 0 aliphatic rings. The maximum Gasteiger partial charge on any atom is 0.695 e. The van der Waals surface area contributed by atoms with Crippen LogP contribution in [0.2, 0.25) is 0 Å². The smallest absolute Gasteiger partial charge is 0.695 e. The first-order chi connectivity index (χ1) is 12.8. The summed E-state index contributed by atoms with van der Waals surface area (Å²) in [6.07, 6.45) is 0. The zero-order chi connectivity index (χ0) is 26.2. The maximum atomic E-state index is 10.4. The predicted molar refractivity (Wildman–Crippen MR) is 137 cm³/mol. The van der Waals surface area contributed by atoms with Crippen LogP contribution in [0.5, 0.6) is 0 Å². The number of rotatable bonds is 3. The van der Waals surface area contributed by atoms with Crippen LogP contribution >= 0.6 is 50.2 Å². The Labute approximate surface area is 204 Å². The van der Waals surface area contributed by atoms with E-state index in [2.05, 4.69) is 45.2 Å². The summed E-state index contributed by atoms with van der Waals surface area (Å²) in [5.41, 5.74) is -1.99. The fourth-order valence-electron chi connectivity index (χ4n) is 0.926. The SMILES string of the molecule is CC(C)(C)OP(=O)([O-])O.CC(C)(C)OP([O-])(O)=S.CC(C)(C)O[P+](=O)O.OP.P.P=S. The molecule has 0 aromatic heterocycles. The third-order valence-electron chi connectivity index (χ3n) is 1.13. The number of phosphoric acid groups is 1. The molecule has 31 heavy (non-hydrogen) atoms. The van der Waals surface area contributed by atoms with Crippen molar-refractivity contribution in [2.75, 3.05) is 0 Å². The van der Waals surface area contributed by atoms with Crippen LogP contribution in [-0.2, 0) is 46.3 Å². The van der Waals surface area contributed by atoms with E-state index in [4.69, 9.17) is 19.6 Å². The minimum absolute atomic E-state index is 0. The Hall–Kier alpha value is 2.00. The first-order valence-electron chi connectivity index (χ1n) is 7.64. The van der Waals surface area contributed by atoms with E-state index in [9.17, 15) is 18.9 Å². The lowest BCUT2D eigenvalue weighted by molar-refractivity contribution is -0.228. The van der Waals surface area contributed by atoms with Gasteiger partial charge < -0.3 is 33.5 Å². The average molecular weight is 607 g/mol. The molecular formula is C12H37O11P6S2-. The molecule has 0 spiro atoms. The minimum Gasteiger partial charge on any atom is -0.780 e. The zero-order valence-corrected chi connectivity index (χ0v) is 27.0. The summed E-state index contributed by atoms with van der Waals surface area (Å²) < 4.78 is 33.2. The summed E-state index contributed by atoms with van der Waals surface area (Å²) in [4.78, 5) is 52.1. The van der Waals surface area contributed by atoms with Crippen molar-refractivity contribution in [1.82, 2.24) is 0 Å². The monoisotopic (exact) mass is 607 g/mol. The maximum absolute atomic E-state index is 10.4. The molecule has 0 amide bonds. The summed E-state index contributed by atoms with van der Waals surface area (Å²) in [6.45, 7) is 11.1. The lowest BCUT2D eigenvalue weighted by atomic mass is 10.2. The molecule has 4 N–H and O–H groups in total. The van der Waals surface area contributed by atoms with Crippen molar-refractivity contribution in [2.24, 2.45) is 0 Å². The molecule has 19 heteroatoms. The molecule has 0 heterocycles. The quantitative estimate of drug-likeness (QED) is 0.343. The van der Waals surface area contributed by atoms with Crippen molar-refractivity contribution in [1.29, 1.82) is 0 Å². The standard InChI is InChI=1S/C4H11O4P.C4H11O3PS.C4H9O3P.H3OP.HPS.H3P/c1-4(2,3)8-9(5,6)7;1-4(2,3)7-8(5,6)9;1-4(2,3)7-8(5)6;2*1-2;/h1-3H3,(H2,5,6,7);1-3H3,(H2,5,6,9);1-3H3;1H,2H2;1H;1H3/p-1. The third kappa shape index (κ3) is 79.8. The predicted octanol–water partition coefficient (Wildman–Crippen LogP) is 2.51. The van der Waals surface area contributed by atoms with Gasteiger partial charge in [0.25, 0.3) is 7.82 Å². The van der Waals surface area contributed by atoms with E-state index in [1.54, 1.807) is 41.5 Å². The van der Waals surface area contributed by atoms with Crippen molar-refractivity contribution >= 4 is 73.8 Å². The van der Waals surface area contributed by atoms with Crippen LogP contribution in [0, 0.1) is 0 Å². The first-order valence-corrected chi connectivity index (χ1v) is 15.0. The Morgan fingerprint density at radius 1 is 0.871 bits per heavy atom. The Bertz CT molecular complexity index is 501. The zero-order valence-electron chi connectivity index (χ0n) is 19.1. The van der Waals surface area contributed by atoms with Gasteiger partial charge in [0.15, 0.2) is 0 Å². The highest BCUT2D eigenvalue weighted by molar-refractivity contribution is 8.06. The number of phosphoric ester groups is 1. The highest BCUT2D eigenvalue weighted by atomic mass is 32.5. The molecule has 0 rings (SSSR count). The molecule has 0 radical (unpaired) electrons. The second-order valence-corrected chi connectivity index (χ2v) is 12.1. The number of hydrogen-bond donors (Lipinski definition) is 4. The molecule has 0 fully saturated rings. The second-order valence-electron chi connectivity index (χ2n) is 7.79. The fraction of sp³-hybridized carbons (Fsp3) is 1.00. The molecule has 11 nitrogen and oxygen atoms in total. The lowest BCUT2D eigenvalue weighted by Gasteiger charge is -2.29. The van der Waals surface area contributed by atoms with Gasteiger partial charge in [-0.05, 0) is 79.8 Å². The van der Waals surface area contributed by atoms with Crippen LogP contribution < -0.4 is 9.79 Å². The van der Waals surface area contributed by atoms with E-state index in [1.807, 2.05) is 0 Å². The molecule has 194 valence electrons. The van der Waals surface area contributed by atoms with Crippen LogP contribution in [0.4, 0.5) is 0 Å². The largest absolute Gasteiger partial charge is 0.780 e.